The first-order valence-electron chi connectivity index (χ1n) is 6.71. The fourth-order valence-electron chi connectivity index (χ4n) is 2.47. The van der Waals surface area contributed by atoms with Gasteiger partial charge >= 0.3 is 0 Å². The van der Waals surface area contributed by atoms with Gasteiger partial charge in [-0.05, 0) is 51.6 Å². The lowest BCUT2D eigenvalue weighted by molar-refractivity contribution is 0.257. The predicted octanol–water partition coefficient (Wildman–Crippen LogP) is 1.63. The van der Waals surface area contributed by atoms with Crippen LogP contribution in [0.3, 0.4) is 0 Å². The molecular weight excluding hydrogens is 224 g/mol. The zero-order valence-corrected chi connectivity index (χ0v) is 11.6. The zero-order valence-electron chi connectivity index (χ0n) is 11.6. The molecule has 1 aliphatic heterocycles. The van der Waals surface area contributed by atoms with Crippen molar-refractivity contribution in [1.82, 2.24) is 9.88 Å². The highest BCUT2D eigenvalue weighted by Crippen LogP contribution is 2.22. The van der Waals surface area contributed by atoms with Gasteiger partial charge in [-0.3, -0.25) is 0 Å². The van der Waals surface area contributed by atoms with Crippen LogP contribution in [0.15, 0.2) is 18.3 Å². The number of hydrogen-bond acceptors (Lipinski definition) is 4. The van der Waals surface area contributed by atoms with Crippen molar-refractivity contribution in [2.75, 3.05) is 32.1 Å². The summed E-state index contributed by atoms with van der Waals surface area (Å²) in [5.74, 6) is 1.07. The smallest absolute Gasteiger partial charge is 0.128 e. The molecule has 2 N–H and O–H groups in total. The molecule has 1 unspecified atom stereocenters. The van der Waals surface area contributed by atoms with E-state index < -0.39 is 0 Å². The molecule has 0 aliphatic carbocycles. The Morgan fingerprint density at radius 2 is 2.28 bits per heavy atom. The van der Waals surface area contributed by atoms with Crippen LogP contribution in [0.4, 0.5) is 5.82 Å². The number of aromatic nitrogens is 1. The van der Waals surface area contributed by atoms with E-state index >= 15 is 0 Å². The summed E-state index contributed by atoms with van der Waals surface area (Å²) in [6, 6.07) is 4.82. The van der Waals surface area contributed by atoms with Crippen molar-refractivity contribution in [1.29, 1.82) is 0 Å². The van der Waals surface area contributed by atoms with Crippen LogP contribution in [0, 0.1) is 0 Å². The van der Waals surface area contributed by atoms with Crippen LogP contribution in [0.1, 0.15) is 31.4 Å². The first-order valence-corrected chi connectivity index (χ1v) is 6.71. The Morgan fingerprint density at radius 1 is 1.50 bits per heavy atom. The molecule has 2 atom stereocenters. The van der Waals surface area contributed by atoms with E-state index in [4.69, 9.17) is 5.73 Å². The van der Waals surface area contributed by atoms with Crippen molar-refractivity contribution in [3.8, 4) is 0 Å². The van der Waals surface area contributed by atoms with Crippen LogP contribution in [-0.4, -0.2) is 43.1 Å². The van der Waals surface area contributed by atoms with E-state index in [0.29, 0.717) is 6.04 Å². The lowest BCUT2D eigenvalue weighted by atomic mass is 10.0. The molecule has 4 heteroatoms. The van der Waals surface area contributed by atoms with Crippen LogP contribution in [0.25, 0.3) is 0 Å². The Bertz CT molecular complexity index is 389. The molecule has 18 heavy (non-hydrogen) atoms. The molecule has 0 radical (unpaired) electrons. The molecule has 0 spiro atoms. The molecule has 1 saturated heterocycles. The van der Waals surface area contributed by atoms with E-state index in [9.17, 15) is 0 Å². The highest BCUT2D eigenvalue weighted by Gasteiger charge is 2.22. The number of nitrogens with zero attached hydrogens (tertiary/aromatic N) is 3. The number of nitrogens with two attached hydrogens (primary N) is 1. The Morgan fingerprint density at radius 3 is 2.94 bits per heavy atom. The lowest BCUT2D eigenvalue weighted by Crippen LogP contribution is -2.45. The van der Waals surface area contributed by atoms with Gasteiger partial charge in [0.15, 0.2) is 0 Å². The third kappa shape index (κ3) is 3.00. The second-order valence-electron chi connectivity index (χ2n) is 5.44. The van der Waals surface area contributed by atoms with Gasteiger partial charge in [0.25, 0.3) is 0 Å². The average molecular weight is 248 g/mol. The van der Waals surface area contributed by atoms with E-state index in [-0.39, 0.29) is 6.04 Å². The van der Waals surface area contributed by atoms with E-state index in [0.717, 1.165) is 24.5 Å². The van der Waals surface area contributed by atoms with E-state index in [1.807, 2.05) is 19.2 Å². The molecule has 2 heterocycles. The van der Waals surface area contributed by atoms with Gasteiger partial charge in [0, 0.05) is 31.4 Å². The number of rotatable bonds is 3. The van der Waals surface area contributed by atoms with Gasteiger partial charge in [-0.1, -0.05) is 0 Å². The maximum atomic E-state index is 5.93. The maximum Gasteiger partial charge on any atom is 0.128 e. The van der Waals surface area contributed by atoms with Gasteiger partial charge in [-0.25, -0.2) is 4.98 Å². The standard InChI is InChI=1S/C14H24N4/c1-11(15)12-6-7-16-14(9-12)18-8-4-5-13(10-18)17(2)3/h6-7,9,11,13H,4-5,8,10,15H2,1-3H3/t11-,13?/m0/s1. The molecular formula is C14H24N4. The predicted molar refractivity (Wildman–Crippen MR) is 75.8 cm³/mol. The lowest BCUT2D eigenvalue weighted by Gasteiger charge is -2.37. The Kier molecular flexibility index (Phi) is 4.19. The summed E-state index contributed by atoms with van der Waals surface area (Å²) in [4.78, 5) is 9.17. The van der Waals surface area contributed by atoms with Crippen molar-refractivity contribution in [3.63, 3.8) is 0 Å². The quantitative estimate of drug-likeness (QED) is 0.883. The van der Waals surface area contributed by atoms with Crippen molar-refractivity contribution in [3.05, 3.63) is 23.9 Å². The first-order chi connectivity index (χ1) is 8.58. The van der Waals surface area contributed by atoms with Crippen molar-refractivity contribution >= 4 is 5.82 Å². The topological polar surface area (TPSA) is 45.4 Å². The number of anilines is 1. The second-order valence-corrected chi connectivity index (χ2v) is 5.44. The van der Waals surface area contributed by atoms with Crippen molar-refractivity contribution < 1.29 is 0 Å². The van der Waals surface area contributed by atoms with Crippen LogP contribution < -0.4 is 10.6 Å². The Hall–Kier alpha value is -1.13. The molecule has 1 fully saturated rings. The third-order valence-electron chi connectivity index (χ3n) is 3.75. The minimum atomic E-state index is 0.0705. The van der Waals surface area contributed by atoms with Gasteiger partial charge in [-0.2, -0.15) is 0 Å². The van der Waals surface area contributed by atoms with Crippen LogP contribution in [-0.2, 0) is 0 Å². The number of piperidine rings is 1. The zero-order chi connectivity index (χ0) is 13.1. The van der Waals surface area contributed by atoms with Crippen molar-refractivity contribution in [2.24, 2.45) is 5.73 Å². The molecule has 2 rings (SSSR count). The van der Waals surface area contributed by atoms with E-state index in [1.54, 1.807) is 0 Å². The minimum Gasteiger partial charge on any atom is -0.355 e. The highest BCUT2D eigenvalue weighted by atomic mass is 15.2. The molecule has 0 aromatic carbocycles. The summed E-state index contributed by atoms with van der Waals surface area (Å²) in [5, 5.41) is 0. The van der Waals surface area contributed by atoms with Crippen molar-refractivity contribution in [2.45, 2.75) is 31.8 Å². The number of pyridine rings is 1. The summed E-state index contributed by atoms with van der Waals surface area (Å²) in [5.41, 5.74) is 7.09. The number of hydrogen-bond donors (Lipinski definition) is 1. The van der Waals surface area contributed by atoms with E-state index in [1.165, 1.54) is 12.8 Å². The normalized spacial score (nSPS) is 22.3. The van der Waals surface area contributed by atoms with Gasteiger partial charge in [0.1, 0.15) is 5.82 Å². The molecule has 0 saturated carbocycles. The molecule has 0 amide bonds. The maximum absolute atomic E-state index is 5.93. The van der Waals surface area contributed by atoms with Crippen LogP contribution >= 0.6 is 0 Å². The monoisotopic (exact) mass is 248 g/mol. The average Bonchev–Trinajstić information content (AvgIpc) is 2.39. The Labute approximate surface area is 110 Å². The Balaban J connectivity index is 2.13. The summed E-state index contributed by atoms with van der Waals surface area (Å²) >= 11 is 0. The first kappa shape index (κ1) is 13.3. The van der Waals surface area contributed by atoms with Gasteiger partial charge in [0.05, 0.1) is 0 Å². The third-order valence-corrected chi connectivity index (χ3v) is 3.75. The SMILES string of the molecule is C[C@H](N)c1ccnc(N2CCCC(N(C)C)C2)c1. The molecule has 1 aliphatic rings. The van der Waals surface area contributed by atoms with Crippen LogP contribution in [0.5, 0.6) is 0 Å². The van der Waals surface area contributed by atoms with Crippen LogP contribution in [0.2, 0.25) is 0 Å². The molecule has 0 bridgehead atoms. The summed E-state index contributed by atoms with van der Waals surface area (Å²) in [6.07, 6.45) is 4.37. The largest absolute Gasteiger partial charge is 0.355 e. The highest BCUT2D eigenvalue weighted by molar-refractivity contribution is 5.42. The van der Waals surface area contributed by atoms with Gasteiger partial charge in [0.2, 0.25) is 0 Å². The fourth-order valence-corrected chi connectivity index (χ4v) is 2.47. The molecule has 1 aromatic rings. The summed E-state index contributed by atoms with van der Waals surface area (Å²) in [6.45, 7) is 4.17. The molecule has 100 valence electrons. The second kappa shape index (κ2) is 5.67. The summed E-state index contributed by atoms with van der Waals surface area (Å²) in [7, 11) is 4.31. The van der Waals surface area contributed by atoms with Gasteiger partial charge in [-0.15, -0.1) is 0 Å². The molecule has 4 nitrogen and oxygen atoms in total. The fraction of sp³-hybridized carbons (Fsp3) is 0.643. The minimum absolute atomic E-state index is 0.0705. The van der Waals surface area contributed by atoms with Gasteiger partial charge < -0.3 is 15.5 Å². The van der Waals surface area contributed by atoms with E-state index in [2.05, 4.69) is 34.9 Å². The number of likely N-dealkylation sites (N-methyl/N-ethyl adjacent to an activating group) is 1. The summed E-state index contributed by atoms with van der Waals surface area (Å²) < 4.78 is 0. The molecule has 1 aromatic heterocycles.